The molecule has 21 heavy (non-hydrogen) atoms. The molecule has 1 aliphatic carbocycles. The number of rotatable bonds is 5. The fourth-order valence-electron chi connectivity index (χ4n) is 3.38. The zero-order chi connectivity index (χ0) is 14.7. The summed E-state index contributed by atoms with van der Waals surface area (Å²) in [4.78, 5) is 12.9. The zero-order valence-electron chi connectivity index (χ0n) is 12.3. The molecule has 0 aromatic heterocycles. The van der Waals surface area contributed by atoms with E-state index >= 15 is 0 Å². The molecule has 114 valence electrons. The molecule has 0 amide bonds. The molecule has 0 radical (unpaired) electrons. The Labute approximate surface area is 125 Å². The summed E-state index contributed by atoms with van der Waals surface area (Å²) in [5.74, 6) is 0.0311. The van der Waals surface area contributed by atoms with E-state index in [0.29, 0.717) is 6.42 Å². The Morgan fingerprint density at radius 2 is 2.00 bits per heavy atom. The quantitative estimate of drug-likeness (QED) is 0.762. The van der Waals surface area contributed by atoms with Gasteiger partial charge in [-0.1, -0.05) is 36.8 Å². The third kappa shape index (κ3) is 2.89. The van der Waals surface area contributed by atoms with Crippen molar-refractivity contribution in [2.75, 3.05) is 19.6 Å². The number of ketones is 1. The first-order valence-electron chi connectivity index (χ1n) is 7.96. The summed E-state index contributed by atoms with van der Waals surface area (Å²) in [5, 5.41) is 17.9. The SMILES string of the molecule is O=C(CC1CNCCN1)C(O)(c1ccccc1)C1CCC1. The number of benzene rings is 1. The van der Waals surface area contributed by atoms with Crippen molar-refractivity contribution in [3.8, 4) is 0 Å². The van der Waals surface area contributed by atoms with E-state index in [2.05, 4.69) is 10.6 Å². The minimum atomic E-state index is -1.31. The van der Waals surface area contributed by atoms with Crippen molar-refractivity contribution in [3.63, 3.8) is 0 Å². The Balaban J connectivity index is 1.79. The van der Waals surface area contributed by atoms with Crippen LogP contribution in [0.25, 0.3) is 0 Å². The van der Waals surface area contributed by atoms with Crippen molar-refractivity contribution in [1.29, 1.82) is 0 Å². The van der Waals surface area contributed by atoms with Crippen LogP contribution in [0.1, 0.15) is 31.2 Å². The van der Waals surface area contributed by atoms with Crippen LogP contribution in [0.4, 0.5) is 0 Å². The van der Waals surface area contributed by atoms with Gasteiger partial charge in [0.2, 0.25) is 0 Å². The predicted octanol–water partition coefficient (Wildman–Crippen LogP) is 1.19. The fourth-order valence-corrected chi connectivity index (χ4v) is 3.38. The summed E-state index contributed by atoms with van der Waals surface area (Å²) < 4.78 is 0. The van der Waals surface area contributed by atoms with Gasteiger partial charge < -0.3 is 15.7 Å². The minimum Gasteiger partial charge on any atom is -0.377 e. The van der Waals surface area contributed by atoms with Crippen molar-refractivity contribution in [3.05, 3.63) is 35.9 Å². The Hall–Kier alpha value is -1.23. The molecule has 1 saturated carbocycles. The molecule has 0 spiro atoms. The summed E-state index contributed by atoms with van der Waals surface area (Å²) in [5.41, 5.74) is -0.554. The van der Waals surface area contributed by atoms with Crippen molar-refractivity contribution < 1.29 is 9.90 Å². The molecule has 4 nitrogen and oxygen atoms in total. The molecule has 1 aromatic carbocycles. The fraction of sp³-hybridized carbons (Fsp3) is 0.588. The highest BCUT2D eigenvalue weighted by Crippen LogP contribution is 2.43. The summed E-state index contributed by atoms with van der Waals surface area (Å²) >= 11 is 0. The smallest absolute Gasteiger partial charge is 0.170 e. The molecule has 1 aliphatic heterocycles. The van der Waals surface area contributed by atoms with Crippen LogP contribution in [-0.2, 0) is 10.4 Å². The Kier molecular flexibility index (Phi) is 4.38. The maximum atomic E-state index is 12.9. The molecule has 1 heterocycles. The third-order valence-electron chi connectivity index (χ3n) is 4.89. The lowest BCUT2D eigenvalue weighted by Gasteiger charge is -2.41. The number of carbonyl (C=O) groups is 1. The largest absolute Gasteiger partial charge is 0.377 e. The highest BCUT2D eigenvalue weighted by Gasteiger charge is 2.47. The molecule has 4 heteroatoms. The van der Waals surface area contributed by atoms with Crippen LogP contribution in [-0.4, -0.2) is 36.6 Å². The molecule has 3 rings (SSSR count). The highest BCUT2D eigenvalue weighted by atomic mass is 16.3. The van der Waals surface area contributed by atoms with E-state index in [9.17, 15) is 9.90 Å². The molecule has 2 aliphatic rings. The van der Waals surface area contributed by atoms with Gasteiger partial charge in [0.1, 0.15) is 0 Å². The first kappa shape index (κ1) is 14.7. The minimum absolute atomic E-state index is 0.0420. The second-order valence-electron chi connectivity index (χ2n) is 6.24. The van der Waals surface area contributed by atoms with E-state index < -0.39 is 5.60 Å². The predicted molar refractivity (Wildman–Crippen MR) is 82.0 cm³/mol. The van der Waals surface area contributed by atoms with E-state index in [1.807, 2.05) is 30.3 Å². The van der Waals surface area contributed by atoms with E-state index in [1.165, 1.54) is 0 Å². The molecule has 3 N–H and O–H groups in total. The van der Waals surface area contributed by atoms with Crippen LogP contribution in [0, 0.1) is 5.92 Å². The van der Waals surface area contributed by atoms with Crippen LogP contribution in [0.5, 0.6) is 0 Å². The van der Waals surface area contributed by atoms with Crippen molar-refractivity contribution in [2.24, 2.45) is 5.92 Å². The van der Waals surface area contributed by atoms with Crippen molar-refractivity contribution >= 4 is 5.78 Å². The maximum absolute atomic E-state index is 12.9. The van der Waals surface area contributed by atoms with Gasteiger partial charge in [0.05, 0.1) is 0 Å². The molecule has 2 fully saturated rings. The Morgan fingerprint density at radius 1 is 1.24 bits per heavy atom. The van der Waals surface area contributed by atoms with Gasteiger partial charge in [-0.25, -0.2) is 0 Å². The lowest BCUT2D eigenvalue weighted by molar-refractivity contribution is -0.150. The van der Waals surface area contributed by atoms with Crippen molar-refractivity contribution in [1.82, 2.24) is 10.6 Å². The summed E-state index contributed by atoms with van der Waals surface area (Å²) in [6, 6.07) is 9.59. The van der Waals surface area contributed by atoms with Gasteiger partial charge in [-0.2, -0.15) is 0 Å². The first-order chi connectivity index (χ1) is 10.2. The van der Waals surface area contributed by atoms with Crippen LogP contribution in [0.15, 0.2) is 30.3 Å². The van der Waals surface area contributed by atoms with Gasteiger partial charge in [-0.3, -0.25) is 4.79 Å². The summed E-state index contributed by atoms with van der Waals surface area (Å²) in [6.07, 6.45) is 3.37. The average Bonchev–Trinajstić information content (AvgIpc) is 2.47. The van der Waals surface area contributed by atoms with E-state index in [0.717, 1.165) is 44.5 Å². The van der Waals surface area contributed by atoms with Crippen molar-refractivity contribution in [2.45, 2.75) is 37.3 Å². The maximum Gasteiger partial charge on any atom is 0.170 e. The van der Waals surface area contributed by atoms with Crippen LogP contribution < -0.4 is 10.6 Å². The van der Waals surface area contributed by atoms with Gasteiger partial charge in [-0.05, 0) is 24.3 Å². The summed E-state index contributed by atoms with van der Waals surface area (Å²) in [6.45, 7) is 2.61. The topological polar surface area (TPSA) is 61.4 Å². The van der Waals surface area contributed by atoms with Gasteiger partial charge >= 0.3 is 0 Å². The first-order valence-corrected chi connectivity index (χ1v) is 7.96. The molecule has 1 aromatic rings. The molecular weight excluding hydrogens is 264 g/mol. The molecule has 0 bridgehead atoms. The van der Waals surface area contributed by atoms with Crippen LogP contribution >= 0.6 is 0 Å². The number of nitrogens with one attached hydrogen (secondary N) is 2. The van der Waals surface area contributed by atoms with E-state index in [1.54, 1.807) is 0 Å². The van der Waals surface area contributed by atoms with Crippen LogP contribution in [0.2, 0.25) is 0 Å². The normalized spacial score (nSPS) is 25.9. The number of carbonyl (C=O) groups excluding carboxylic acids is 1. The molecule has 1 saturated heterocycles. The number of hydrogen-bond acceptors (Lipinski definition) is 4. The standard InChI is InChI=1S/C17H24N2O2/c20-16(11-15-12-18-9-10-19-15)17(21,14-7-4-8-14)13-5-2-1-3-6-13/h1-3,5-6,14-15,18-19,21H,4,7-12H2. The highest BCUT2D eigenvalue weighted by molar-refractivity contribution is 5.89. The van der Waals surface area contributed by atoms with Crippen LogP contribution in [0.3, 0.4) is 0 Å². The van der Waals surface area contributed by atoms with Gasteiger partial charge in [-0.15, -0.1) is 0 Å². The van der Waals surface area contributed by atoms with Gasteiger partial charge in [0.25, 0.3) is 0 Å². The molecular formula is C17H24N2O2. The van der Waals surface area contributed by atoms with E-state index in [-0.39, 0.29) is 17.7 Å². The van der Waals surface area contributed by atoms with Gasteiger partial charge in [0.15, 0.2) is 11.4 Å². The zero-order valence-corrected chi connectivity index (χ0v) is 12.3. The lowest BCUT2D eigenvalue weighted by atomic mass is 9.67. The van der Waals surface area contributed by atoms with E-state index in [4.69, 9.17) is 0 Å². The summed E-state index contributed by atoms with van der Waals surface area (Å²) in [7, 11) is 0. The second-order valence-corrected chi connectivity index (χ2v) is 6.24. The number of hydrogen-bond donors (Lipinski definition) is 3. The second kappa shape index (κ2) is 6.26. The Morgan fingerprint density at radius 3 is 2.57 bits per heavy atom. The molecule has 2 unspecified atom stereocenters. The monoisotopic (exact) mass is 288 g/mol. The Bertz CT molecular complexity index is 481. The number of aliphatic hydroxyl groups is 1. The lowest BCUT2D eigenvalue weighted by Crippen LogP contribution is -2.53. The molecule has 2 atom stereocenters. The number of Topliss-reactive ketones (excluding diaryl/α,β-unsaturated/α-hetero) is 1. The average molecular weight is 288 g/mol. The van der Waals surface area contributed by atoms with Gasteiger partial charge in [0, 0.05) is 32.1 Å². The number of piperazine rings is 1. The third-order valence-corrected chi connectivity index (χ3v) is 4.89.